The summed E-state index contributed by atoms with van der Waals surface area (Å²) in [4.78, 5) is 25.8. The molecule has 1 aliphatic carbocycles. The van der Waals surface area contributed by atoms with Gasteiger partial charge in [-0.2, -0.15) is 4.72 Å². The highest BCUT2D eigenvalue weighted by atomic mass is 32.2. The van der Waals surface area contributed by atoms with Gasteiger partial charge in [-0.25, -0.2) is 8.42 Å². The Kier molecular flexibility index (Phi) is 4.83. The number of nitrogens with zero attached hydrogens (tertiary/aromatic N) is 1. The number of hydrogen-bond acceptors (Lipinski definition) is 5. The predicted molar refractivity (Wildman–Crippen MR) is 96.3 cm³/mol. The largest absolute Gasteiger partial charge is 0.468 e. The van der Waals surface area contributed by atoms with Crippen LogP contribution in [0.5, 0.6) is 0 Å². The fourth-order valence-electron chi connectivity index (χ4n) is 4.09. The van der Waals surface area contributed by atoms with Crippen molar-refractivity contribution < 1.29 is 22.7 Å². The molecule has 1 atom stereocenters. The average molecular weight is 380 g/mol. The molecule has 0 radical (unpaired) electrons. The highest BCUT2D eigenvalue weighted by Gasteiger charge is 2.45. The Hall–Kier alpha value is -1.93. The van der Waals surface area contributed by atoms with E-state index in [9.17, 15) is 18.0 Å². The molecule has 3 rings (SSSR count). The lowest BCUT2D eigenvalue weighted by molar-refractivity contribution is -0.147. The highest BCUT2D eigenvalue weighted by Crippen LogP contribution is 2.36. The minimum Gasteiger partial charge on any atom is -0.468 e. The van der Waals surface area contributed by atoms with E-state index in [-0.39, 0.29) is 16.8 Å². The third-order valence-electron chi connectivity index (χ3n) is 5.28. The second kappa shape index (κ2) is 6.66. The van der Waals surface area contributed by atoms with Gasteiger partial charge in [-0.1, -0.05) is 12.8 Å². The summed E-state index contributed by atoms with van der Waals surface area (Å²) in [6.07, 6.45) is 3.00. The van der Waals surface area contributed by atoms with E-state index >= 15 is 0 Å². The van der Waals surface area contributed by atoms with Gasteiger partial charge in [0.25, 0.3) is 0 Å². The van der Waals surface area contributed by atoms with Gasteiger partial charge in [-0.05, 0) is 49.9 Å². The van der Waals surface area contributed by atoms with Crippen LogP contribution in [0.15, 0.2) is 23.1 Å². The number of hydrogen-bond donors (Lipinski definition) is 1. The van der Waals surface area contributed by atoms with Crippen molar-refractivity contribution in [2.75, 3.05) is 12.0 Å². The number of esters is 1. The van der Waals surface area contributed by atoms with Crippen LogP contribution >= 0.6 is 0 Å². The van der Waals surface area contributed by atoms with E-state index in [1.165, 1.54) is 20.1 Å². The molecule has 1 aromatic carbocycles. The third-order valence-corrected chi connectivity index (χ3v) is 6.81. The molecule has 1 amide bonds. The van der Waals surface area contributed by atoms with Crippen molar-refractivity contribution >= 4 is 27.6 Å². The van der Waals surface area contributed by atoms with Gasteiger partial charge in [-0.3, -0.25) is 9.59 Å². The molecule has 0 aromatic heterocycles. The topological polar surface area (TPSA) is 92.8 Å². The molecule has 1 heterocycles. The molecule has 0 unspecified atom stereocenters. The molecule has 2 aliphatic rings. The minimum atomic E-state index is -3.89. The predicted octanol–water partition coefficient (Wildman–Crippen LogP) is 1.75. The van der Waals surface area contributed by atoms with Gasteiger partial charge in [0.05, 0.1) is 12.0 Å². The molecule has 0 bridgehead atoms. The molecular weight excluding hydrogens is 356 g/mol. The normalized spacial score (nSPS) is 21.5. The smallest absolute Gasteiger partial charge is 0.327 e. The third kappa shape index (κ3) is 3.12. The molecule has 142 valence electrons. The number of amides is 1. The summed E-state index contributed by atoms with van der Waals surface area (Å²) in [5, 5.41) is 0. The molecule has 1 fully saturated rings. The van der Waals surface area contributed by atoms with Gasteiger partial charge >= 0.3 is 5.97 Å². The Morgan fingerprint density at radius 1 is 1.27 bits per heavy atom. The Labute approximate surface area is 153 Å². The molecule has 0 saturated heterocycles. The van der Waals surface area contributed by atoms with E-state index in [0.717, 1.165) is 24.1 Å². The van der Waals surface area contributed by atoms with Crippen LogP contribution in [0.2, 0.25) is 0 Å². The maximum atomic E-state index is 12.9. The van der Waals surface area contributed by atoms with Crippen LogP contribution in [0.25, 0.3) is 0 Å². The molecule has 1 aliphatic heterocycles. The fraction of sp³-hybridized carbons (Fsp3) is 0.556. The minimum absolute atomic E-state index is 0.00958. The molecule has 26 heavy (non-hydrogen) atoms. The van der Waals surface area contributed by atoms with Gasteiger partial charge in [-0.15, -0.1) is 0 Å². The maximum absolute atomic E-state index is 12.9. The number of fused-ring (bicyclic) bond motifs is 1. The lowest BCUT2D eigenvalue weighted by Gasteiger charge is -2.27. The summed E-state index contributed by atoms with van der Waals surface area (Å²) < 4.78 is 33.2. The summed E-state index contributed by atoms with van der Waals surface area (Å²) in [5.41, 5.74) is 0.368. The summed E-state index contributed by atoms with van der Waals surface area (Å²) in [5.74, 6) is -0.614. The van der Waals surface area contributed by atoms with E-state index in [0.29, 0.717) is 19.3 Å². The van der Waals surface area contributed by atoms with E-state index in [1.807, 2.05) is 6.92 Å². The monoisotopic (exact) mass is 380 g/mol. The van der Waals surface area contributed by atoms with Crippen LogP contribution in [0.4, 0.5) is 5.69 Å². The van der Waals surface area contributed by atoms with Crippen LogP contribution < -0.4 is 9.62 Å². The Balaban J connectivity index is 1.93. The average Bonchev–Trinajstić information content (AvgIpc) is 3.16. The summed E-state index contributed by atoms with van der Waals surface area (Å²) in [7, 11) is -2.62. The first-order chi connectivity index (χ1) is 12.2. The van der Waals surface area contributed by atoms with Crippen LogP contribution in [0, 0.1) is 0 Å². The van der Waals surface area contributed by atoms with Crippen molar-refractivity contribution in [2.24, 2.45) is 0 Å². The number of rotatable bonds is 4. The molecule has 1 saturated carbocycles. The van der Waals surface area contributed by atoms with Gasteiger partial charge in [0, 0.05) is 18.7 Å². The van der Waals surface area contributed by atoms with Gasteiger partial charge in [0.1, 0.15) is 5.54 Å². The standard InChI is InChI=1S/C18H24N2O5S/c1-12-10-14-11-15(6-7-16(14)20(12)13(2)21)26(23,24)19-18(17(22)25-3)8-4-5-9-18/h6-7,11-12,19H,4-5,8-10H2,1-3H3/t12-/m0/s1. The van der Waals surface area contributed by atoms with E-state index in [4.69, 9.17) is 4.74 Å². The van der Waals surface area contributed by atoms with Crippen molar-refractivity contribution in [3.63, 3.8) is 0 Å². The number of sulfonamides is 1. The van der Waals surface area contributed by atoms with Gasteiger partial charge in [0.15, 0.2) is 0 Å². The first-order valence-electron chi connectivity index (χ1n) is 8.75. The number of nitrogens with one attached hydrogen (secondary N) is 1. The Morgan fingerprint density at radius 2 is 1.92 bits per heavy atom. The molecule has 1 N–H and O–H groups in total. The van der Waals surface area contributed by atoms with E-state index in [1.54, 1.807) is 17.0 Å². The Morgan fingerprint density at radius 3 is 2.50 bits per heavy atom. The second-order valence-electron chi connectivity index (χ2n) is 7.12. The number of benzene rings is 1. The van der Waals surface area contributed by atoms with Gasteiger partial charge < -0.3 is 9.64 Å². The number of carbonyl (C=O) groups excluding carboxylic acids is 2. The number of ether oxygens (including phenoxy) is 1. The molecular formula is C18H24N2O5S. The van der Waals surface area contributed by atoms with Crippen LogP contribution in [-0.2, 0) is 30.8 Å². The maximum Gasteiger partial charge on any atom is 0.327 e. The van der Waals surface area contributed by atoms with Crippen molar-refractivity contribution in [2.45, 2.75) is 62.4 Å². The summed E-state index contributed by atoms with van der Waals surface area (Å²) in [6.45, 7) is 3.43. The van der Waals surface area contributed by atoms with Gasteiger partial charge in [0.2, 0.25) is 15.9 Å². The van der Waals surface area contributed by atoms with E-state index in [2.05, 4.69) is 4.72 Å². The van der Waals surface area contributed by atoms with Crippen molar-refractivity contribution in [1.82, 2.24) is 4.72 Å². The second-order valence-corrected chi connectivity index (χ2v) is 8.80. The molecule has 1 aromatic rings. The zero-order valence-corrected chi connectivity index (χ0v) is 16.1. The fourth-order valence-corrected chi connectivity index (χ4v) is 5.56. The molecule has 7 nitrogen and oxygen atoms in total. The lowest BCUT2D eigenvalue weighted by atomic mass is 10.00. The highest BCUT2D eigenvalue weighted by molar-refractivity contribution is 7.89. The van der Waals surface area contributed by atoms with Crippen LogP contribution in [0.1, 0.15) is 45.1 Å². The SMILES string of the molecule is COC(=O)C1(NS(=O)(=O)c2ccc3c(c2)C[C@H](C)N3C(C)=O)CCCC1. The summed E-state index contributed by atoms with van der Waals surface area (Å²) in [6, 6.07) is 4.73. The number of carbonyl (C=O) groups is 2. The molecule has 8 heteroatoms. The molecule has 0 spiro atoms. The zero-order chi connectivity index (χ0) is 19.1. The van der Waals surface area contributed by atoms with Crippen molar-refractivity contribution in [1.29, 1.82) is 0 Å². The van der Waals surface area contributed by atoms with Crippen molar-refractivity contribution in [3.05, 3.63) is 23.8 Å². The van der Waals surface area contributed by atoms with E-state index < -0.39 is 21.5 Å². The zero-order valence-electron chi connectivity index (χ0n) is 15.2. The first-order valence-corrected chi connectivity index (χ1v) is 10.2. The quantitative estimate of drug-likeness (QED) is 0.804. The first kappa shape index (κ1) is 18.8. The lowest BCUT2D eigenvalue weighted by Crippen LogP contribution is -2.52. The number of anilines is 1. The summed E-state index contributed by atoms with van der Waals surface area (Å²) >= 11 is 0. The van der Waals surface area contributed by atoms with Crippen LogP contribution in [0.3, 0.4) is 0 Å². The van der Waals surface area contributed by atoms with Crippen LogP contribution in [-0.4, -0.2) is 39.0 Å². The Bertz CT molecular complexity index is 843. The van der Waals surface area contributed by atoms with Crippen molar-refractivity contribution in [3.8, 4) is 0 Å². The number of methoxy groups -OCH3 is 1.